The Morgan fingerprint density at radius 1 is 1.42 bits per heavy atom. The third-order valence-electron chi connectivity index (χ3n) is 2.27. The predicted octanol–water partition coefficient (Wildman–Crippen LogP) is 0.569. The number of aliphatic carboxylic acids is 1. The van der Waals surface area contributed by atoms with Crippen LogP contribution in [-0.2, 0) is 16.6 Å². The number of imide groups is 1. The monoisotopic (exact) mass is 268 g/mol. The minimum Gasteiger partial charge on any atom is -0.481 e. The molecule has 0 saturated carbocycles. The largest absolute Gasteiger partial charge is 0.481 e. The van der Waals surface area contributed by atoms with Crippen molar-refractivity contribution >= 4 is 23.7 Å². The van der Waals surface area contributed by atoms with Gasteiger partial charge in [0.15, 0.2) is 5.82 Å². The number of aromatic nitrogens is 2. The number of carbonyl (C=O) groups excluding carboxylic acids is 2. The predicted molar refractivity (Wildman–Crippen MR) is 66.4 cm³/mol. The molecule has 0 saturated heterocycles. The van der Waals surface area contributed by atoms with Crippen molar-refractivity contribution in [2.24, 2.45) is 13.0 Å². The number of anilines is 1. The molecule has 8 nitrogen and oxygen atoms in total. The van der Waals surface area contributed by atoms with Crippen LogP contribution >= 0.6 is 0 Å². The fourth-order valence-corrected chi connectivity index (χ4v) is 1.49. The standard InChI is InChI=1S/C11H16N4O4/c1-7(6-10(17)18)5-9(16)13-11(19)12-8-3-4-15(2)14-8/h3-4,7H,5-6H2,1-2H3,(H,17,18)(H2,12,13,14,16,19). The Morgan fingerprint density at radius 3 is 2.63 bits per heavy atom. The van der Waals surface area contributed by atoms with E-state index in [0.717, 1.165) is 0 Å². The summed E-state index contributed by atoms with van der Waals surface area (Å²) in [6.07, 6.45) is 1.50. The number of nitrogens with zero attached hydrogens (tertiary/aromatic N) is 2. The van der Waals surface area contributed by atoms with Gasteiger partial charge in [-0.15, -0.1) is 0 Å². The maximum Gasteiger partial charge on any atom is 0.327 e. The van der Waals surface area contributed by atoms with Crippen LogP contribution in [0.25, 0.3) is 0 Å². The van der Waals surface area contributed by atoms with E-state index in [4.69, 9.17) is 5.11 Å². The van der Waals surface area contributed by atoms with Gasteiger partial charge < -0.3 is 5.11 Å². The molecule has 104 valence electrons. The zero-order valence-electron chi connectivity index (χ0n) is 10.7. The number of rotatable bonds is 5. The molecule has 0 aliphatic rings. The molecular weight excluding hydrogens is 252 g/mol. The first-order valence-corrected chi connectivity index (χ1v) is 5.69. The molecule has 1 atom stereocenters. The Kier molecular flexibility index (Phi) is 5.04. The van der Waals surface area contributed by atoms with Gasteiger partial charge in [-0.2, -0.15) is 5.10 Å². The van der Waals surface area contributed by atoms with Crippen LogP contribution in [0, 0.1) is 5.92 Å². The topological polar surface area (TPSA) is 113 Å². The van der Waals surface area contributed by atoms with Gasteiger partial charge in [-0.1, -0.05) is 6.92 Å². The number of aryl methyl sites for hydroxylation is 1. The molecule has 1 rings (SSSR count). The summed E-state index contributed by atoms with van der Waals surface area (Å²) in [6.45, 7) is 1.63. The van der Waals surface area contributed by atoms with E-state index >= 15 is 0 Å². The summed E-state index contributed by atoms with van der Waals surface area (Å²) in [5, 5.41) is 17.0. The lowest BCUT2D eigenvalue weighted by Gasteiger charge is -2.08. The fourth-order valence-electron chi connectivity index (χ4n) is 1.49. The van der Waals surface area contributed by atoms with E-state index in [-0.39, 0.29) is 18.8 Å². The van der Waals surface area contributed by atoms with Gasteiger partial charge >= 0.3 is 12.0 Å². The summed E-state index contributed by atoms with van der Waals surface area (Å²) >= 11 is 0. The van der Waals surface area contributed by atoms with Crippen molar-refractivity contribution in [1.29, 1.82) is 0 Å². The highest BCUT2D eigenvalue weighted by Gasteiger charge is 2.15. The number of hydrogen-bond donors (Lipinski definition) is 3. The van der Waals surface area contributed by atoms with Crippen molar-refractivity contribution in [3.8, 4) is 0 Å². The summed E-state index contributed by atoms with van der Waals surface area (Å²) in [5.41, 5.74) is 0. The minimum absolute atomic E-state index is 0.0259. The van der Waals surface area contributed by atoms with Gasteiger partial charge in [-0.05, 0) is 5.92 Å². The van der Waals surface area contributed by atoms with Crippen molar-refractivity contribution < 1.29 is 19.5 Å². The van der Waals surface area contributed by atoms with Crippen molar-refractivity contribution in [2.75, 3.05) is 5.32 Å². The lowest BCUT2D eigenvalue weighted by atomic mass is 10.0. The number of amides is 3. The SMILES string of the molecule is CC(CC(=O)O)CC(=O)NC(=O)Nc1ccn(C)n1. The first kappa shape index (κ1) is 14.7. The molecule has 3 amide bonds. The summed E-state index contributed by atoms with van der Waals surface area (Å²) in [5.74, 6) is -1.51. The third-order valence-corrected chi connectivity index (χ3v) is 2.27. The first-order chi connectivity index (χ1) is 8.86. The van der Waals surface area contributed by atoms with Gasteiger partial charge in [0.2, 0.25) is 5.91 Å². The lowest BCUT2D eigenvalue weighted by Crippen LogP contribution is -2.35. The van der Waals surface area contributed by atoms with Gasteiger partial charge in [-0.25, -0.2) is 4.79 Å². The number of carbonyl (C=O) groups is 3. The summed E-state index contributed by atoms with van der Waals surface area (Å²) in [6, 6.07) is 0.892. The van der Waals surface area contributed by atoms with E-state index in [1.807, 2.05) is 0 Å². The zero-order valence-corrected chi connectivity index (χ0v) is 10.7. The smallest absolute Gasteiger partial charge is 0.327 e. The second kappa shape index (κ2) is 6.53. The molecule has 0 fully saturated rings. The molecule has 3 N–H and O–H groups in total. The van der Waals surface area contributed by atoms with Crippen LogP contribution in [0.3, 0.4) is 0 Å². The fraction of sp³-hybridized carbons (Fsp3) is 0.455. The van der Waals surface area contributed by atoms with Crippen LogP contribution in [0.15, 0.2) is 12.3 Å². The molecule has 1 unspecified atom stereocenters. The maximum atomic E-state index is 11.5. The van der Waals surface area contributed by atoms with Crippen LogP contribution < -0.4 is 10.6 Å². The minimum atomic E-state index is -0.974. The van der Waals surface area contributed by atoms with Crippen molar-refractivity contribution in [1.82, 2.24) is 15.1 Å². The molecule has 1 aromatic rings. The first-order valence-electron chi connectivity index (χ1n) is 5.69. The van der Waals surface area contributed by atoms with Gasteiger partial charge in [0.05, 0.1) is 0 Å². The highest BCUT2D eigenvalue weighted by Crippen LogP contribution is 2.07. The highest BCUT2D eigenvalue weighted by atomic mass is 16.4. The highest BCUT2D eigenvalue weighted by molar-refractivity contribution is 6.00. The lowest BCUT2D eigenvalue weighted by molar-refractivity contribution is -0.138. The number of nitrogens with one attached hydrogen (secondary N) is 2. The molecule has 0 bridgehead atoms. The van der Waals surface area contributed by atoms with Gasteiger partial charge in [0.1, 0.15) is 0 Å². The van der Waals surface area contributed by atoms with E-state index in [1.54, 1.807) is 26.2 Å². The average Bonchev–Trinajstić information content (AvgIpc) is 2.61. The van der Waals surface area contributed by atoms with E-state index in [0.29, 0.717) is 5.82 Å². The summed E-state index contributed by atoms with van der Waals surface area (Å²) in [4.78, 5) is 33.3. The Bertz CT molecular complexity index is 483. The normalized spacial score (nSPS) is 11.7. The molecule has 0 aliphatic heterocycles. The second-order valence-electron chi connectivity index (χ2n) is 4.28. The number of urea groups is 1. The maximum absolute atomic E-state index is 11.5. The molecule has 1 aromatic heterocycles. The van der Waals surface area contributed by atoms with E-state index in [9.17, 15) is 14.4 Å². The van der Waals surface area contributed by atoms with Crippen LogP contribution in [0.1, 0.15) is 19.8 Å². The number of carboxylic acid groups (broad SMARTS) is 1. The van der Waals surface area contributed by atoms with E-state index < -0.39 is 17.9 Å². The van der Waals surface area contributed by atoms with Gasteiger partial charge in [0, 0.05) is 32.2 Å². The van der Waals surface area contributed by atoms with E-state index in [1.165, 1.54) is 4.68 Å². The Morgan fingerprint density at radius 2 is 2.11 bits per heavy atom. The quantitative estimate of drug-likeness (QED) is 0.722. The molecule has 0 spiro atoms. The van der Waals surface area contributed by atoms with Gasteiger partial charge in [0.25, 0.3) is 0 Å². The summed E-state index contributed by atoms with van der Waals surface area (Å²) < 4.78 is 1.51. The molecule has 19 heavy (non-hydrogen) atoms. The van der Waals surface area contributed by atoms with Crippen LogP contribution in [-0.4, -0.2) is 32.8 Å². The van der Waals surface area contributed by atoms with Crippen molar-refractivity contribution in [3.63, 3.8) is 0 Å². The molecule has 0 radical (unpaired) electrons. The Hall–Kier alpha value is -2.38. The third kappa shape index (κ3) is 5.66. The summed E-state index contributed by atoms with van der Waals surface area (Å²) in [7, 11) is 1.70. The molecule has 1 heterocycles. The second-order valence-corrected chi connectivity index (χ2v) is 4.28. The molecule has 8 heteroatoms. The zero-order chi connectivity index (χ0) is 14.4. The van der Waals surface area contributed by atoms with Crippen molar-refractivity contribution in [2.45, 2.75) is 19.8 Å². The van der Waals surface area contributed by atoms with Crippen molar-refractivity contribution in [3.05, 3.63) is 12.3 Å². The molecule has 0 aromatic carbocycles. The molecular formula is C11H16N4O4. The van der Waals surface area contributed by atoms with Gasteiger partial charge in [-0.3, -0.25) is 24.9 Å². The number of hydrogen-bond acceptors (Lipinski definition) is 4. The Labute approximate surface area is 109 Å². The Balaban J connectivity index is 2.35. The van der Waals surface area contributed by atoms with E-state index in [2.05, 4.69) is 15.7 Å². The average molecular weight is 268 g/mol. The van der Waals surface area contributed by atoms with Crippen LogP contribution in [0.5, 0.6) is 0 Å². The number of carboxylic acids is 1. The van der Waals surface area contributed by atoms with Crippen LogP contribution in [0.4, 0.5) is 10.6 Å². The molecule has 0 aliphatic carbocycles. The van der Waals surface area contributed by atoms with Crippen LogP contribution in [0.2, 0.25) is 0 Å².